The van der Waals surface area contributed by atoms with Crippen LogP contribution in [0.25, 0.3) is 0 Å². The summed E-state index contributed by atoms with van der Waals surface area (Å²) in [7, 11) is 0. The fourth-order valence-electron chi connectivity index (χ4n) is 1.57. The van der Waals surface area contributed by atoms with Crippen molar-refractivity contribution in [3.05, 3.63) is 34.9 Å². The molecule has 0 radical (unpaired) electrons. The lowest BCUT2D eigenvalue weighted by molar-refractivity contribution is -0.126. The standard InChI is InChI=1S/C13H19ClN2O/c1-4-16-13(2,3)12(17)15-9-10-6-5-7-11(14)8-10/h5-8,16H,4,9H2,1-3H3,(H,15,17). The van der Waals surface area contributed by atoms with Crippen LogP contribution in [-0.4, -0.2) is 18.0 Å². The van der Waals surface area contributed by atoms with Crippen molar-refractivity contribution in [2.75, 3.05) is 6.54 Å². The zero-order valence-corrected chi connectivity index (χ0v) is 11.3. The number of nitrogens with one attached hydrogen (secondary N) is 2. The summed E-state index contributed by atoms with van der Waals surface area (Å²) in [6.07, 6.45) is 0. The van der Waals surface area contributed by atoms with Gasteiger partial charge in [-0.3, -0.25) is 4.79 Å². The minimum Gasteiger partial charge on any atom is -0.350 e. The quantitative estimate of drug-likeness (QED) is 0.847. The van der Waals surface area contributed by atoms with Gasteiger partial charge in [0.05, 0.1) is 5.54 Å². The van der Waals surface area contributed by atoms with Crippen LogP contribution in [0.3, 0.4) is 0 Å². The number of benzene rings is 1. The number of hydrogen-bond donors (Lipinski definition) is 2. The Labute approximate surface area is 108 Å². The second-order valence-electron chi connectivity index (χ2n) is 4.47. The molecule has 1 aromatic carbocycles. The van der Waals surface area contributed by atoms with Crippen molar-refractivity contribution < 1.29 is 4.79 Å². The normalized spacial score (nSPS) is 11.3. The van der Waals surface area contributed by atoms with E-state index in [4.69, 9.17) is 11.6 Å². The Morgan fingerprint density at radius 3 is 2.71 bits per heavy atom. The van der Waals surface area contributed by atoms with Crippen LogP contribution < -0.4 is 10.6 Å². The van der Waals surface area contributed by atoms with Crippen molar-refractivity contribution in [1.82, 2.24) is 10.6 Å². The molecule has 2 N–H and O–H groups in total. The fraction of sp³-hybridized carbons (Fsp3) is 0.462. The minimum absolute atomic E-state index is 0.0145. The first-order valence-electron chi connectivity index (χ1n) is 5.73. The zero-order chi connectivity index (χ0) is 12.9. The maximum absolute atomic E-state index is 11.9. The summed E-state index contributed by atoms with van der Waals surface area (Å²) < 4.78 is 0. The number of amides is 1. The summed E-state index contributed by atoms with van der Waals surface area (Å²) in [4.78, 5) is 11.9. The van der Waals surface area contributed by atoms with E-state index in [1.54, 1.807) is 0 Å². The third-order valence-electron chi connectivity index (χ3n) is 2.53. The first-order chi connectivity index (χ1) is 7.95. The Hall–Kier alpha value is -1.06. The summed E-state index contributed by atoms with van der Waals surface area (Å²) in [5.41, 5.74) is 0.450. The third-order valence-corrected chi connectivity index (χ3v) is 2.76. The molecule has 0 heterocycles. The largest absolute Gasteiger partial charge is 0.350 e. The van der Waals surface area contributed by atoms with Gasteiger partial charge in [0.25, 0.3) is 0 Å². The van der Waals surface area contributed by atoms with Gasteiger partial charge in [-0.2, -0.15) is 0 Å². The molecule has 0 aliphatic rings. The van der Waals surface area contributed by atoms with Gasteiger partial charge in [0.1, 0.15) is 0 Å². The van der Waals surface area contributed by atoms with Crippen LogP contribution in [0.15, 0.2) is 24.3 Å². The van der Waals surface area contributed by atoms with Crippen molar-refractivity contribution in [3.8, 4) is 0 Å². The number of carbonyl (C=O) groups is 1. The molecule has 0 aromatic heterocycles. The molecule has 0 unspecified atom stereocenters. The smallest absolute Gasteiger partial charge is 0.239 e. The molecule has 0 saturated carbocycles. The number of likely N-dealkylation sites (N-methyl/N-ethyl adjacent to an activating group) is 1. The SMILES string of the molecule is CCNC(C)(C)C(=O)NCc1cccc(Cl)c1. The van der Waals surface area contributed by atoms with Gasteiger partial charge in [-0.15, -0.1) is 0 Å². The van der Waals surface area contributed by atoms with Gasteiger partial charge in [-0.1, -0.05) is 30.7 Å². The molecule has 1 aromatic rings. The molecule has 0 aliphatic heterocycles. The Morgan fingerprint density at radius 1 is 1.41 bits per heavy atom. The molecule has 0 saturated heterocycles. The Bertz CT molecular complexity index is 391. The average molecular weight is 255 g/mol. The number of halogens is 1. The molecule has 1 amide bonds. The topological polar surface area (TPSA) is 41.1 Å². The van der Waals surface area contributed by atoms with Crippen LogP contribution in [0.5, 0.6) is 0 Å². The predicted octanol–water partition coefficient (Wildman–Crippen LogP) is 2.34. The highest BCUT2D eigenvalue weighted by molar-refractivity contribution is 6.30. The van der Waals surface area contributed by atoms with Crippen LogP contribution >= 0.6 is 11.6 Å². The average Bonchev–Trinajstić information content (AvgIpc) is 2.26. The molecule has 17 heavy (non-hydrogen) atoms. The summed E-state index contributed by atoms with van der Waals surface area (Å²) >= 11 is 5.87. The van der Waals surface area contributed by atoms with E-state index in [1.165, 1.54) is 0 Å². The monoisotopic (exact) mass is 254 g/mol. The second-order valence-corrected chi connectivity index (χ2v) is 4.90. The molecule has 0 spiro atoms. The molecule has 94 valence electrons. The van der Waals surface area contributed by atoms with E-state index in [2.05, 4.69) is 10.6 Å². The van der Waals surface area contributed by atoms with Crippen molar-refractivity contribution >= 4 is 17.5 Å². The Morgan fingerprint density at radius 2 is 2.12 bits per heavy atom. The Balaban J connectivity index is 2.54. The number of hydrogen-bond acceptors (Lipinski definition) is 2. The summed E-state index contributed by atoms with van der Waals surface area (Å²) in [6, 6.07) is 7.48. The summed E-state index contributed by atoms with van der Waals surface area (Å²) in [5, 5.41) is 6.71. The van der Waals surface area contributed by atoms with Crippen LogP contribution in [0.2, 0.25) is 5.02 Å². The molecule has 0 bridgehead atoms. The van der Waals surface area contributed by atoms with Gasteiger partial charge >= 0.3 is 0 Å². The van der Waals surface area contributed by atoms with E-state index in [-0.39, 0.29) is 5.91 Å². The highest BCUT2D eigenvalue weighted by Gasteiger charge is 2.25. The van der Waals surface area contributed by atoms with Crippen LogP contribution in [0, 0.1) is 0 Å². The van der Waals surface area contributed by atoms with Gasteiger partial charge < -0.3 is 10.6 Å². The summed E-state index contributed by atoms with van der Waals surface area (Å²) in [5.74, 6) is -0.0145. The highest BCUT2D eigenvalue weighted by atomic mass is 35.5. The van der Waals surface area contributed by atoms with E-state index in [0.717, 1.165) is 12.1 Å². The molecule has 0 aliphatic carbocycles. The molecule has 0 atom stereocenters. The lowest BCUT2D eigenvalue weighted by atomic mass is 10.0. The van der Waals surface area contributed by atoms with E-state index < -0.39 is 5.54 Å². The van der Waals surface area contributed by atoms with Crippen LogP contribution in [0.1, 0.15) is 26.3 Å². The highest BCUT2D eigenvalue weighted by Crippen LogP contribution is 2.10. The molecular formula is C13H19ClN2O. The van der Waals surface area contributed by atoms with Gasteiger partial charge in [-0.25, -0.2) is 0 Å². The van der Waals surface area contributed by atoms with Crippen molar-refractivity contribution in [2.24, 2.45) is 0 Å². The van der Waals surface area contributed by atoms with Gasteiger partial charge in [0.2, 0.25) is 5.91 Å². The second kappa shape index (κ2) is 6.03. The molecule has 4 heteroatoms. The molecule has 3 nitrogen and oxygen atoms in total. The maximum atomic E-state index is 11.9. The van der Waals surface area contributed by atoms with Crippen LogP contribution in [-0.2, 0) is 11.3 Å². The van der Waals surface area contributed by atoms with Gasteiger partial charge in [0, 0.05) is 11.6 Å². The first kappa shape index (κ1) is 14.0. The predicted molar refractivity (Wildman–Crippen MR) is 71.1 cm³/mol. The number of carbonyl (C=O) groups excluding carboxylic acids is 1. The van der Waals surface area contributed by atoms with Crippen LogP contribution in [0.4, 0.5) is 0 Å². The van der Waals surface area contributed by atoms with E-state index in [9.17, 15) is 4.79 Å². The summed E-state index contributed by atoms with van der Waals surface area (Å²) in [6.45, 7) is 6.96. The van der Waals surface area contributed by atoms with Crippen molar-refractivity contribution in [3.63, 3.8) is 0 Å². The lowest BCUT2D eigenvalue weighted by Crippen LogP contribution is -2.52. The third kappa shape index (κ3) is 4.36. The molecule has 1 rings (SSSR count). The van der Waals surface area contributed by atoms with E-state index in [0.29, 0.717) is 11.6 Å². The first-order valence-corrected chi connectivity index (χ1v) is 6.11. The zero-order valence-electron chi connectivity index (χ0n) is 10.5. The van der Waals surface area contributed by atoms with Gasteiger partial charge in [0.15, 0.2) is 0 Å². The minimum atomic E-state index is -0.548. The van der Waals surface area contributed by atoms with Crippen molar-refractivity contribution in [1.29, 1.82) is 0 Å². The van der Waals surface area contributed by atoms with Gasteiger partial charge in [-0.05, 0) is 38.1 Å². The maximum Gasteiger partial charge on any atom is 0.239 e. The van der Waals surface area contributed by atoms with E-state index >= 15 is 0 Å². The lowest BCUT2D eigenvalue weighted by Gasteiger charge is -2.24. The fourth-order valence-corrected chi connectivity index (χ4v) is 1.79. The molecular weight excluding hydrogens is 236 g/mol. The number of rotatable bonds is 5. The van der Waals surface area contributed by atoms with E-state index in [1.807, 2.05) is 45.0 Å². The molecule has 0 fully saturated rings. The Kier molecular flexibility index (Phi) is 4.97. The van der Waals surface area contributed by atoms with Crippen molar-refractivity contribution in [2.45, 2.75) is 32.9 Å².